The maximum Gasteiger partial charge on any atom is 0.124 e. The Kier molecular flexibility index (Phi) is 5.74. The maximum absolute atomic E-state index is 10.3. The number of azide groups is 1. The van der Waals surface area contributed by atoms with Crippen molar-refractivity contribution in [1.29, 1.82) is 0 Å². The summed E-state index contributed by atoms with van der Waals surface area (Å²) in [6.07, 6.45) is 4.32. The van der Waals surface area contributed by atoms with Crippen LogP contribution in [0, 0.1) is 0 Å². The Morgan fingerprint density at radius 2 is 1.88 bits per heavy atom. The molecule has 0 amide bonds. The number of hydrogen-bond acceptors (Lipinski definition) is 2. The van der Waals surface area contributed by atoms with Gasteiger partial charge in [0.2, 0.25) is 0 Å². The smallest absolute Gasteiger partial charge is 0.124 e. The molecule has 1 aromatic carbocycles. The second kappa shape index (κ2) is 7.49. The first-order valence-corrected chi connectivity index (χ1v) is 5.39. The van der Waals surface area contributed by atoms with Gasteiger partial charge in [-0.2, -0.15) is 0 Å². The summed E-state index contributed by atoms with van der Waals surface area (Å²) in [5, 5.41) is 3.48. The molecule has 0 radical (unpaired) electrons. The van der Waals surface area contributed by atoms with E-state index in [4.69, 9.17) is 5.53 Å². The van der Waals surface area contributed by atoms with Crippen LogP contribution in [0.3, 0.4) is 0 Å². The monoisotopic (exact) mass is 217 g/mol. The van der Waals surface area contributed by atoms with Crippen molar-refractivity contribution in [2.75, 3.05) is 6.54 Å². The first-order chi connectivity index (χ1) is 7.86. The quantitative estimate of drug-likeness (QED) is 0.227. The van der Waals surface area contributed by atoms with Crippen molar-refractivity contribution in [2.45, 2.75) is 25.7 Å². The Hall–Kier alpha value is -1.80. The average molecular weight is 217 g/mol. The van der Waals surface area contributed by atoms with Gasteiger partial charge in [-0.25, -0.2) is 0 Å². The Labute approximate surface area is 94.9 Å². The molecule has 0 heterocycles. The summed E-state index contributed by atoms with van der Waals surface area (Å²) < 4.78 is 0. The summed E-state index contributed by atoms with van der Waals surface area (Å²) in [4.78, 5) is 13.0. The molecule has 1 rings (SSSR count). The zero-order valence-corrected chi connectivity index (χ0v) is 9.17. The fraction of sp³-hybridized carbons (Fsp3) is 0.417. The summed E-state index contributed by atoms with van der Waals surface area (Å²) >= 11 is 0. The number of carbonyl (C=O) groups excluding carboxylic acids is 1. The molecule has 0 saturated heterocycles. The standard InChI is InChI=1S/C12H15N3O/c13-15-14-9-2-1-3-11-4-6-12(7-5-11)8-10-16/h4-7,10H,1-3,8-9H2. The van der Waals surface area contributed by atoms with E-state index in [0.717, 1.165) is 31.1 Å². The average Bonchev–Trinajstić information content (AvgIpc) is 2.31. The van der Waals surface area contributed by atoms with Crippen molar-refractivity contribution in [3.05, 3.63) is 45.8 Å². The third-order valence-electron chi connectivity index (χ3n) is 2.38. The lowest BCUT2D eigenvalue weighted by Crippen LogP contribution is -1.90. The van der Waals surface area contributed by atoms with Gasteiger partial charge in [0, 0.05) is 17.9 Å². The Bertz CT molecular complexity index is 366. The molecule has 0 spiro atoms. The molecule has 0 aliphatic carbocycles. The third kappa shape index (κ3) is 4.62. The number of hydrogen-bond donors (Lipinski definition) is 0. The maximum atomic E-state index is 10.3. The highest BCUT2D eigenvalue weighted by Gasteiger charge is 1.94. The molecule has 16 heavy (non-hydrogen) atoms. The largest absolute Gasteiger partial charge is 0.303 e. The van der Waals surface area contributed by atoms with E-state index in [1.807, 2.05) is 24.3 Å². The van der Waals surface area contributed by atoms with Gasteiger partial charge < -0.3 is 4.79 Å². The minimum atomic E-state index is 0.483. The predicted octanol–water partition coefficient (Wildman–Crippen LogP) is 3.06. The van der Waals surface area contributed by atoms with E-state index in [0.29, 0.717) is 13.0 Å². The molecule has 0 aromatic heterocycles. The summed E-state index contributed by atoms with van der Waals surface area (Å²) in [5.74, 6) is 0. The highest BCUT2D eigenvalue weighted by atomic mass is 16.1. The van der Waals surface area contributed by atoms with Gasteiger partial charge in [-0.15, -0.1) is 0 Å². The van der Waals surface area contributed by atoms with E-state index in [1.165, 1.54) is 5.56 Å². The first-order valence-electron chi connectivity index (χ1n) is 5.39. The van der Waals surface area contributed by atoms with E-state index in [1.54, 1.807) is 0 Å². The first kappa shape index (κ1) is 12.3. The molecule has 84 valence electrons. The van der Waals surface area contributed by atoms with Gasteiger partial charge in [0.1, 0.15) is 6.29 Å². The van der Waals surface area contributed by atoms with Crippen molar-refractivity contribution in [3.63, 3.8) is 0 Å². The highest BCUT2D eigenvalue weighted by molar-refractivity contribution is 5.54. The fourth-order valence-electron chi connectivity index (χ4n) is 1.49. The van der Waals surface area contributed by atoms with Crippen LogP contribution in [0.1, 0.15) is 24.0 Å². The molecule has 0 saturated carbocycles. The van der Waals surface area contributed by atoms with Gasteiger partial charge in [-0.3, -0.25) is 0 Å². The fourth-order valence-corrected chi connectivity index (χ4v) is 1.49. The third-order valence-corrected chi connectivity index (χ3v) is 2.38. The van der Waals surface area contributed by atoms with Crippen molar-refractivity contribution >= 4 is 6.29 Å². The lowest BCUT2D eigenvalue weighted by atomic mass is 10.1. The minimum absolute atomic E-state index is 0.483. The zero-order valence-electron chi connectivity index (χ0n) is 9.17. The van der Waals surface area contributed by atoms with Crippen LogP contribution in [-0.4, -0.2) is 12.8 Å². The van der Waals surface area contributed by atoms with Gasteiger partial charge in [-0.05, 0) is 35.9 Å². The molecule has 4 heteroatoms. The normalized spacial score (nSPS) is 9.50. The topological polar surface area (TPSA) is 65.8 Å². The minimum Gasteiger partial charge on any atom is -0.303 e. The lowest BCUT2D eigenvalue weighted by molar-refractivity contribution is -0.107. The molecular weight excluding hydrogens is 202 g/mol. The second-order valence-corrected chi connectivity index (χ2v) is 3.60. The number of rotatable bonds is 7. The number of nitrogens with zero attached hydrogens (tertiary/aromatic N) is 3. The van der Waals surface area contributed by atoms with Crippen LogP contribution in [-0.2, 0) is 17.6 Å². The Morgan fingerprint density at radius 1 is 1.19 bits per heavy atom. The number of carbonyl (C=O) groups is 1. The molecule has 0 aliphatic heterocycles. The second-order valence-electron chi connectivity index (χ2n) is 3.60. The van der Waals surface area contributed by atoms with Crippen molar-refractivity contribution in [2.24, 2.45) is 5.11 Å². The molecular formula is C12H15N3O. The van der Waals surface area contributed by atoms with Gasteiger partial charge in [0.25, 0.3) is 0 Å². The van der Waals surface area contributed by atoms with Crippen LogP contribution in [0.2, 0.25) is 0 Å². The van der Waals surface area contributed by atoms with Gasteiger partial charge in [0.15, 0.2) is 0 Å². The molecule has 0 aliphatic rings. The highest BCUT2D eigenvalue weighted by Crippen LogP contribution is 2.08. The van der Waals surface area contributed by atoms with Crippen LogP contribution < -0.4 is 0 Å². The molecule has 0 N–H and O–H groups in total. The van der Waals surface area contributed by atoms with E-state index >= 15 is 0 Å². The van der Waals surface area contributed by atoms with Crippen LogP contribution in [0.15, 0.2) is 29.4 Å². The molecule has 0 atom stereocenters. The molecule has 0 unspecified atom stereocenters. The Balaban J connectivity index is 2.31. The molecule has 0 fully saturated rings. The van der Waals surface area contributed by atoms with Crippen LogP contribution in [0.5, 0.6) is 0 Å². The van der Waals surface area contributed by atoms with Gasteiger partial charge >= 0.3 is 0 Å². The zero-order chi connectivity index (χ0) is 11.6. The van der Waals surface area contributed by atoms with Crippen LogP contribution in [0.4, 0.5) is 0 Å². The number of benzene rings is 1. The van der Waals surface area contributed by atoms with E-state index < -0.39 is 0 Å². The van der Waals surface area contributed by atoms with Crippen LogP contribution in [0.25, 0.3) is 10.4 Å². The summed E-state index contributed by atoms with van der Waals surface area (Å²) in [7, 11) is 0. The summed E-state index contributed by atoms with van der Waals surface area (Å²) in [5.41, 5.74) is 10.4. The lowest BCUT2D eigenvalue weighted by Gasteiger charge is -2.01. The molecule has 4 nitrogen and oxygen atoms in total. The molecule has 0 bridgehead atoms. The number of aryl methyl sites for hydroxylation is 1. The summed E-state index contributed by atoms with van der Waals surface area (Å²) in [6, 6.07) is 8.06. The number of aldehydes is 1. The van der Waals surface area contributed by atoms with Crippen molar-refractivity contribution in [3.8, 4) is 0 Å². The Morgan fingerprint density at radius 3 is 2.50 bits per heavy atom. The SMILES string of the molecule is [N-]=[N+]=NCCCCc1ccc(CC=O)cc1. The van der Waals surface area contributed by atoms with Crippen molar-refractivity contribution < 1.29 is 4.79 Å². The van der Waals surface area contributed by atoms with E-state index in [2.05, 4.69) is 10.0 Å². The van der Waals surface area contributed by atoms with Crippen LogP contribution >= 0.6 is 0 Å². The summed E-state index contributed by atoms with van der Waals surface area (Å²) in [6.45, 7) is 0.569. The predicted molar refractivity (Wildman–Crippen MR) is 63.2 cm³/mol. The van der Waals surface area contributed by atoms with Gasteiger partial charge in [-0.1, -0.05) is 29.4 Å². The van der Waals surface area contributed by atoms with Gasteiger partial charge in [0.05, 0.1) is 0 Å². The molecule has 1 aromatic rings. The number of unbranched alkanes of at least 4 members (excludes halogenated alkanes) is 1. The van der Waals surface area contributed by atoms with E-state index in [9.17, 15) is 4.79 Å². The van der Waals surface area contributed by atoms with Crippen molar-refractivity contribution in [1.82, 2.24) is 0 Å². The van der Waals surface area contributed by atoms with E-state index in [-0.39, 0.29) is 0 Å².